The van der Waals surface area contributed by atoms with E-state index in [9.17, 15) is 17.6 Å². The van der Waals surface area contributed by atoms with Gasteiger partial charge in [-0.2, -0.15) is 18.2 Å². The lowest BCUT2D eigenvalue weighted by Crippen LogP contribution is -2.48. The summed E-state index contributed by atoms with van der Waals surface area (Å²) in [5.74, 6) is -0.531. The number of amidine groups is 1. The van der Waals surface area contributed by atoms with Gasteiger partial charge < -0.3 is 14.7 Å². The fraction of sp³-hybridized carbons (Fsp3) is 0.500. The molecule has 12 heteroatoms. The van der Waals surface area contributed by atoms with Crippen molar-refractivity contribution in [1.29, 1.82) is 5.41 Å². The minimum atomic E-state index is -4.48. The molecule has 3 aliphatic rings. The molecule has 2 fully saturated rings. The highest BCUT2D eigenvalue weighted by atomic mass is 35.5. The molecular weight excluding hydrogens is 546 g/mol. The van der Waals surface area contributed by atoms with E-state index in [1.165, 1.54) is 49.4 Å². The van der Waals surface area contributed by atoms with Crippen molar-refractivity contribution < 1.29 is 17.6 Å². The molecule has 0 unspecified atom stereocenters. The molecule has 0 atom stereocenters. The summed E-state index contributed by atoms with van der Waals surface area (Å²) in [6.07, 6.45) is 8.22. The number of aliphatic imine (C=N–C) groups is 3. The second kappa shape index (κ2) is 13.4. The van der Waals surface area contributed by atoms with Crippen molar-refractivity contribution in [3.05, 3.63) is 58.1 Å². The molecule has 0 aromatic heterocycles. The number of nitrogens with one attached hydrogen (secondary N) is 1. The Morgan fingerprint density at radius 2 is 1.82 bits per heavy atom. The van der Waals surface area contributed by atoms with E-state index < -0.39 is 17.6 Å². The quantitative estimate of drug-likeness (QED) is 0.198. The molecule has 0 amide bonds. The smallest absolute Gasteiger partial charge is 0.363 e. The number of hydrogen-bond donors (Lipinski definition) is 1. The van der Waals surface area contributed by atoms with E-state index >= 15 is 0 Å². The van der Waals surface area contributed by atoms with Crippen LogP contribution in [0.25, 0.3) is 0 Å². The zero-order valence-electron chi connectivity index (χ0n) is 22.5. The van der Waals surface area contributed by atoms with Gasteiger partial charge in [0.25, 0.3) is 0 Å². The lowest BCUT2D eigenvalue weighted by atomic mass is 10.1. The summed E-state index contributed by atoms with van der Waals surface area (Å²) in [5, 5.41) is 8.57. The van der Waals surface area contributed by atoms with Crippen LogP contribution in [0.1, 0.15) is 50.5 Å². The third kappa shape index (κ3) is 7.71. The molecule has 0 radical (unpaired) electrons. The first-order valence-electron chi connectivity index (χ1n) is 13.5. The van der Waals surface area contributed by atoms with Gasteiger partial charge in [-0.1, -0.05) is 43.4 Å². The fourth-order valence-electron chi connectivity index (χ4n) is 5.05. The highest BCUT2D eigenvalue weighted by Gasteiger charge is 2.38. The molecule has 40 heavy (non-hydrogen) atoms. The first-order valence-corrected chi connectivity index (χ1v) is 13.9. The van der Waals surface area contributed by atoms with Gasteiger partial charge in [-0.25, -0.2) is 14.4 Å². The number of benzene rings is 1. The van der Waals surface area contributed by atoms with E-state index in [2.05, 4.69) is 19.9 Å². The van der Waals surface area contributed by atoms with Crippen LogP contribution in [-0.2, 0) is 0 Å². The van der Waals surface area contributed by atoms with E-state index in [1.807, 2.05) is 7.05 Å². The molecule has 216 valence electrons. The maximum atomic E-state index is 13.9. The molecule has 1 N–H and O–H groups in total. The minimum absolute atomic E-state index is 0.0788. The summed E-state index contributed by atoms with van der Waals surface area (Å²) in [6, 6.07) is 4.52. The third-order valence-corrected chi connectivity index (χ3v) is 7.67. The number of halogens is 5. The monoisotopic (exact) mass is 579 g/mol. The predicted molar refractivity (Wildman–Crippen MR) is 152 cm³/mol. The van der Waals surface area contributed by atoms with Gasteiger partial charge in [-0.15, -0.1) is 0 Å². The summed E-state index contributed by atoms with van der Waals surface area (Å²) < 4.78 is 54.8. The van der Waals surface area contributed by atoms with Crippen LogP contribution in [0, 0.1) is 11.2 Å². The molecule has 4 rings (SSSR count). The van der Waals surface area contributed by atoms with Crippen LogP contribution < -0.4 is 0 Å². The van der Waals surface area contributed by atoms with Crippen molar-refractivity contribution in [1.82, 2.24) is 14.7 Å². The molecule has 0 bridgehead atoms. The molecule has 1 aromatic carbocycles. The van der Waals surface area contributed by atoms with Crippen molar-refractivity contribution >= 4 is 35.9 Å². The summed E-state index contributed by atoms with van der Waals surface area (Å²) >= 11 is 6.03. The topological polar surface area (TPSA) is 70.7 Å². The van der Waals surface area contributed by atoms with Gasteiger partial charge in [-0.05, 0) is 43.5 Å². The van der Waals surface area contributed by atoms with Crippen molar-refractivity contribution in [3.63, 3.8) is 0 Å². The maximum absolute atomic E-state index is 13.9. The Bertz CT molecular complexity index is 1210. The molecule has 0 spiro atoms. The Balaban J connectivity index is 1.51. The number of piperazine rings is 1. The van der Waals surface area contributed by atoms with Gasteiger partial charge in [0.2, 0.25) is 5.96 Å². The number of allylic oxidation sites excluding steroid dienone is 3. The van der Waals surface area contributed by atoms with Gasteiger partial charge in [0.1, 0.15) is 11.6 Å². The average molecular weight is 580 g/mol. The van der Waals surface area contributed by atoms with Crippen LogP contribution in [-0.4, -0.2) is 84.5 Å². The number of guanidine groups is 1. The molecule has 1 aromatic rings. The Kier molecular flexibility index (Phi) is 9.99. The van der Waals surface area contributed by atoms with Crippen molar-refractivity contribution in [2.45, 2.75) is 57.2 Å². The van der Waals surface area contributed by atoms with Crippen molar-refractivity contribution in [2.75, 3.05) is 33.2 Å². The van der Waals surface area contributed by atoms with Crippen LogP contribution in [0.15, 0.2) is 56.7 Å². The van der Waals surface area contributed by atoms with Crippen LogP contribution in [0.4, 0.5) is 17.6 Å². The molecule has 1 aliphatic carbocycles. The average Bonchev–Trinajstić information content (AvgIpc) is 3.36. The summed E-state index contributed by atoms with van der Waals surface area (Å²) in [7, 11) is 1.97. The largest absolute Gasteiger partial charge is 0.416 e. The Labute approximate surface area is 237 Å². The van der Waals surface area contributed by atoms with Gasteiger partial charge in [0, 0.05) is 51.0 Å². The lowest BCUT2D eigenvalue weighted by molar-refractivity contribution is -0.0953. The van der Waals surface area contributed by atoms with Gasteiger partial charge in [-0.3, -0.25) is 5.41 Å². The normalized spacial score (nSPS) is 19.8. The van der Waals surface area contributed by atoms with Crippen molar-refractivity contribution in [3.8, 4) is 0 Å². The van der Waals surface area contributed by atoms with Crippen molar-refractivity contribution in [2.24, 2.45) is 15.0 Å². The van der Waals surface area contributed by atoms with Gasteiger partial charge in [0.15, 0.2) is 5.84 Å². The van der Waals surface area contributed by atoms with E-state index in [0.29, 0.717) is 11.6 Å². The van der Waals surface area contributed by atoms with E-state index in [1.54, 1.807) is 16.1 Å². The van der Waals surface area contributed by atoms with E-state index in [-0.39, 0.29) is 55.2 Å². The number of hydrogen-bond acceptors (Lipinski definition) is 3. The Morgan fingerprint density at radius 3 is 2.48 bits per heavy atom. The molecule has 2 aliphatic heterocycles. The number of rotatable bonds is 4. The second-order valence-corrected chi connectivity index (χ2v) is 10.5. The minimum Gasteiger partial charge on any atom is -0.363 e. The zero-order chi connectivity index (χ0) is 28.7. The van der Waals surface area contributed by atoms with Crippen LogP contribution in [0.2, 0.25) is 5.02 Å². The Morgan fingerprint density at radius 1 is 1.12 bits per heavy atom. The van der Waals surface area contributed by atoms with Crippen LogP contribution in [0.3, 0.4) is 0 Å². The van der Waals surface area contributed by atoms with Gasteiger partial charge >= 0.3 is 6.18 Å². The molecular formula is C28H34ClF4N7. The third-order valence-electron chi connectivity index (χ3n) is 7.38. The standard InChI is InChI=1S/C28H34ClF4N7/c1-38(21-8-4-2-3-5-9-21)19-36-25(20-11-12-24(30)23(29)18-20)37-27(34)40-16-14-39(15-17-40)26-22(28(31,32)33)10-6-7-13-35-26/h6-7,11-13,18-19,21,34H,2-5,8-10,14-17H2,1H3/b34-27?,36-19?,37-25-. The predicted octanol–water partition coefficient (Wildman–Crippen LogP) is 6.27. The summed E-state index contributed by atoms with van der Waals surface area (Å²) in [6.45, 7) is 1.05. The molecule has 2 heterocycles. The molecule has 1 saturated carbocycles. The van der Waals surface area contributed by atoms with E-state index in [0.717, 1.165) is 25.7 Å². The lowest BCUT2D eigenvalue weighted by Gasteiger charge is -2.37. The number of alkyl halides is 3. The second-order valence-electron chi connectivity index (χ2n) is 10.1. The van der Waals surface area contributed by atoms with Gasteiger partial charge in [0.05, 0.1) is 16.9 Å². The molecule has 1 saturated heterocycles. The summed E-state index contributed by atoms with van der Waals surface area (Å²) in [5.41, 5.74) is -0.220. The van der Waals surface area contributed by atoms with E-state index in [4.69, 9.17) is 17.0 Å². The SMILES string of the molecule is CN(C=N/C(=N\C(=N)N1CCN(C2=C(C(F)(F)F)CC=CC=N2)CC1)c1ccc(F)c(Cl)c1)C1CCCCCC1. The highest BCUT2D eigenvalue weighted by molar-refractivity contribution is 6.31. The fourth-order valence-corrected chi connectivity index (χ4v) is 5.23. The van der Waals surface area contributed by atoms with Crippen LogP contribution >= 0.6 is 11.6 Å². The maximum Gasteiger partial charge on any atom is 0.416 e. The van der Waals surface area contributed by atoms with Crippen LogP contribution in [0.5, 0.6) is 0 Å². The first kappa shape index (κ1) is 29.8. The zero-order valence-corrected chi connectivity index (χ0v) is 23.2. The molecule has 7 nitrogen and oxygen atoms in total. The first-order chi connectivity index (χ1) is 19.1. The highest BCUT2D eigenvalue weighted by Crippen LogP contribution is 2.34. The summed E-state index contributed by atoms with van der Waals surface area (Å²) in [4.78, 5) is 18.4. The number of nitrogens with zero attached hydrogens (tertiary/aromatic N) is 6. The Hall–Kier alpha value is -3.21.